The highest BCUT2D eigenvalue weighted by Gasteiger charge is 2.22. The summed E-state index contributed by atoms with van der Waals surface area (Å²) in [6, 6.07) is 9.43. The van der Waals surface area contributed by atoms with Crippen molar-refractivity contribution in [3.63, 3.8) is 0 Å². The van der Waals surface area contributed by atoms with E-state index in [1.807, 2.05) is 44.2 Å². The molecule has 3 aromatic heterocycles. The molecule has 0 saturated carbocycles. The molecule has 4 rings (SSSR count). The topological polar surface area (TPSA) is 92.5 Å². The van der Waals surface area contributed by atoms with Crippen LogP contribution >= 0.6 is 0 Å². The molecule has 0 aliphatic rings. The number of aryl methyl sites for hydroxylation is 2. The number of carbonyl (C=O) groups is 1. The van der Waals surface area contributed by atoms with E-state index in [9.17, 15) is 14.4 Å². The van der Waals surface area contributed by atoms with Gasteiger partial charge in [-0.2, -0.15) is 4.98 Å². The second kappa shape index (κ2) is 6.77. The summed E-state index contributed by atoms with van der Waals surface area (Å²) in [7, 11) is 3.00. The summed E-state index contributed by atoms with van der Waals surface area (Å²) in [4.78, 5) is 41.9. The maximum Gasteiger partial charge on any atom is 0.332 e. The van der Waals surface area contributed by atoms with Crippen molar-refractivity contribution < 1.29 is 9.53 Å². The van der Waals surface area contributed by atoms with Gasteiger partial charge in [-0.15, -0.1) is 0 Å². The molecule has 1 aromatic carbocycles. The van der Waals surface area contributed by atoms with Gasteiger partial charge in [0, 0.05) is 25.5 Å². The highest BCUT2D eigenvalue weighted by atomic mass is 16.5. The Morgan fingerprint density at radius 2 is 1.72 bits per heavy atom. The Balaban J connectivity index is 1.77. The molecule has 29 heavy (non-hydrogen) atoms. The molecule has 150 valence electrons. The summed E-state index contributed by atoms with van der Waals surface area (Å²) < 4.78 is 11.2. The van der Waals surface area contributed by atoms with Gasteiger partial charge in [0.05, 0.1) is 0 Å². The maximum absolute atomic E-state index is 12.7. The molecule has 0 bridgehead atoms. The standard InChI is InChI=1S/C20H21N5O4/c1-12-13(2)25-16-17(22(3)20(28)23(4)18(16)27)21-19(25)24(12)10-15(26)29-11-14-8-6-5-7-9-14/h5-9H,10-11H2,1-4H3. The molecule has 0 aliphatic heterocycles. The number of carbonyl (C=O) groups excluding carboxylic acids is 1. The Morgan fingerprint density at radius 3 is 2.41 bits per heavy atom. The summed E-state index contributed by atoms with van der Waals surface area (Å²) in [5.74, 6) is 0.00765. The Hall–Kier alpha value is -3.62. The molecule has 0 amide bonds. The molecule has 0 aliphatic carbocycles. The molecule has 9 heteroatoms. The minimum atomic E-state index is -0.452. The third-order valence-electron chi connectivity index (χ3n) is 5.28. The van der Waals surface area contributed by atoms with Gasteiger partial charge in [0.2, 0.25) is 5.78 Å². The lowest BCUT2D eigenvalue weighted by Gasteiger charge is -2.07. The van der Waals surface area contributed by atoms with Crippen LogP contribution in [0.4, 0.5) is 0 Å². The minimum Gasteiger partial charge on any atom is -0.459 e. The first-order chi connectivity index (χ1) is 13.8. The van der Waals surface area contributed by atoms with Crippen LogP contribution in [0.15, 0.2) is 39.9 Å². The fraction of sp³-hybridized carbons (Fsp3) is 0.300. The molecule has 3 heterocycles. The molecule has 0 atom stereocenters. The van der Waals surface area contributed by atoms with Crippen molar-refractivity contribution >= 4 is 22.9 Å². The molecule has 0 saturated heterocycles. The normalized spacial score (nSPS) is 11.4. The van der Waals surface area contributed by atoms with E-state index in [0.717, 1.165) is 21.5 Å². The number of hydrogen-bond donors (Lipinski definition) is 0. The van der Waals surface area contributed by atoms with Crippen LogP contribution in [0.1, 0.15) is 17.0 Å². The molecule has 0 spiro atoms. The van der Waals surface area contributed by atoms with E-state index < -0.39 is 17.2 Å². The zero-order chi connectivity index (χ0) is 20.9. The van der Waals surface area contributed by atoms with Gasteiger partial charge in [-0.3, -0.25) is 23.1 Å². The fourth-order valence-electron chi connectivity index (χ4n) is 3.49. The quantitative estimate of drug-likeness (QED) is 0.482. The van der Waals surface area contributed by atoms with Crippen LogP contribution in [0, 0.1) is 13.8 Å². The van der Waals surface area contributed by atoms with Crippen molar-refractivity contribution in [3.8, 4) is 0 Å². The lowest BCUT2D eigenvalue weighted by atomic mass is 10.2. The fourth-order valence-corrected chi connectivity index (χ4v) is 3.49. The van der Waals surface area contributed by atoms with E-state index in [1.165, 1.54) is 11.6 Å². The van der Waals surface area contributed by atoms with Crippen molar-refractivity contribution in [2.24, 2.45) is 14.1 Å². The molecule has 4 aromatic rings. The summed E-state index contributed by atoms with van der Waals surface area (Å²) >= 11 is 0. The van der Waals surface area contributed by atoms with Crippen LogP contribution in [0.5, 0.6) is 0 Å². The number of imidazole rings is 2. The van der Waals surface area contributed by atoms with Gasteiger partial charge in [0.15, 0.2) is 11.2 Å². The van der Waals surface area contributed by atoms with Crippen LogP contribution in [0.2, 0.25) is 0 Å². The van der Waals surface area contributed by atoms with E-state index in [4.69, 9.17) is 4.74 Å². The van der Waals surface area contributed by atoms with Crippen LogP contribution in [0.25, 0.3) is 16.9 Å². The average Bonchev–Trinajstić information content (AvgIpc) is 3.22. The third-order valence-corrected chi connectivity index (χ3v) is 5.28. The molecule has 0 unspecified atom stereocenters. The first kappa shape index (κ1) is 18.7. The Morgan fingerprint density at radius 1 is 1.03 bits per heavy atom. The number of ether oxygens (including phenoxy) is 1. The summed E-state index contributed by atoms with van der Waals surface area (Å²) in [6.07, 6.45) is 0. The van der Waals surface area contributed by atoms with Gasteiger partial charge in [0.25, 0.3) is 5.56 Å². The number of esters is 1. The number of benzene rings is 1. The molecular formula is C20H21N5O4. The number of rotatable bonds is 4. The summed E-state index contributed by atoms with van der Waals surface area (Å²) in [6.45, 7) is 3.83. The Bertz CT molecular complexity index is 1370. The van der Waals surface area contributed by atoms with E-state index >= 15 is 0 Å². The van der Waals surface area contributed by atoms with E-state index in [2.05, 4.69) is 4.98 Å². The molecule has 9 nitrogen and oxygen atoms in total. The first-order valence-corrected chi connectivity index (χ1v) is 9.14. The van der Waals surface area contributed by atoms with E-state index in [-0.39, 0.29) is 18.8 Å². The summed E-state index contributed by atoms with van der Waals surface area (Å²) in [5, 5.41) is 0. The maximum atomic E-state index is 12.7. The SMILES string of the molecule is Cc1c(C)n2c3c(=O)n(C)c(=O)n(C)c3nc2n1CC(=O)OCc1ccccc1. The second-order valence-electron chi connectivity index (χ2n) is 7.03. The van der Waals surface area contributed by atoms with Gasteiger partial charge in [0.1, 0.15) is 13.2 Å². The van der Waals surface area contributed by atoms with Crippen LogP contribution < -0.4 is 11.2 Å². The zero-order valence-electron chi connectivity index (χ0n) is 16.7. The van der Waals surface area contributed by atoms with Gasteiger partial charge in [-0.1, -0.05) is 30.3 Å². The van der Waals surface area contributed by atoms with Crippen molar-refractivity contribution in [1.82, 2.24) is 23.1 Å². The zero-order valence-corrected chi connectivity index (χ0v) is 16.7. The van der Waals surface area contributed by atoms with Gasteiger partial charge < -0.3 is 9.30 Å². The third kappa shape index (κ3) is 2.86. The first-order valence-electron chi connectivity index (χ1n) is 9.14. The van der Waals surface area contributed by atoms with Crippen molar-refractivity contribution in [2.45, 2.75) is 27.0 Å². The van der Waals surface area contributed by atoms with Crippen LogP contribution in [-0.4, -0.2) is 29.1 Å². The number of hydrogen-bond acceptors (Lipinski definition) is 5. The van der Waals surface area contributed by atoms with E-state index in [1.54, 1.807) is 16.0 Å². The lowest BCUT2D eigenvalue weighted by Crippen LogP contribution is -2.37. The Labute approximate surface area is 165 Å². The van der Waals surface area contributed by atoms with Gasteiger partial charge in [-0.05, 0) is 19.4 Å². The van der Waals surface area contributed by atoms with Crippen molar-refractivity contribution in [2.75, 3.05) is 0 Å². The van der Waals surface area contributed by atoms with Gasteiger partial charge in [-0.25, -0.2) is 4.79 Å². The minimum absolute atomic E-state index is 0.0480. The van der Waals surface area contributed by atoms with Crippen LogP contribution in [-0.2, 0) is 36.8 Å². The number of nitrogens with zero attached hydrogens (tertiary/aromatic N) is 5. The predicted molar refractivity (Wildman–Crippen MR) is 107 cm³/mol. The van der Waals surface area contributed by atoms with Crippen molar-refractivity contribution in [3.05, 3.63) is 68.1 Å². The molecule has 0 radical (unpaired) electrons. The highest BCUT2D eigenvalue weighted by molar-refractivity contribution is 5.77. The monoisotopic (exact) mass is 395 g/mol. The molecular weight excluding hydrogens is 374 g/mol. The van der Waals surface area contributed by atoms with Crippen molar-refractivity contribution in [1.29, 1.82) is 0 Å². The molecule has 0 fully saturated rings. The number of aromatic nitrogens is 5. The number of fused-ring (bicyclic) bond motifs is 3. The second-order valence-corrected chi connectivity index (χ2v) is 7.03. The predicted octanol–water partition coefficient (Wildman–Crippen LogP) is 1.05. The Kier molecular flexibility index (Phi) is 4.37. The van der Waals surface area contributed by atoms with Gasteiger partial charge >= 0.3 is 11.7 Å². The largest absolute Gasteiger partial charge is 0.459 e. The highest BCUT2D eigenvalue weighted by Crippen LogP contribution is 2.20. The van der Waals surface area contributed by atoms with E-state index in [0.29, 0.717) is 11.3 Å². The summed E-state index contributed by atoms with van der Waals surface area (Å²) in [5.41, 5.74) is 2.17. The lowest BCUT2D eigenvalue weighted by molar-refractivity contribution is -0.145. The van der Waals surface area contributed by atoms with Crippen LogP contribution in [0.3, 0.4) is 0 Å². The smallest absolute Gasteiger partial charge is 0.332 e. The average molecular weight is 395 g/mol. The molecule has 0 N–H and O–H groups in total.